The van der Waals surface area contributed by atoms with Crippen molar-refractivity contribution in [2.45, 2.75) is 33.7 Å². The van der Waals surface area contributed by atoms with Crippen LogP contribution in [0.5, 0.6) is 0 Å². The number of Topliss-reactive ketones (excluding diaryl/α,β-unsaturated/α-hetero) is 1. The minimum Gasteiger partial charge on any atom is -0.379 e. The molecule has 3 rings (SSSR count). The first-order chi connectivity index (χ1) is 12.3. The number of hydrogen-bond donors (Lipinski definition) is 0. The Morgan fingerprint density at radius 2 is 1.85 bits per heavy atom. The van der Waals surface area contributed by atoms with Crippen molar-refractivity contribution in [3.63, 3.8) is 0 Å². The van der Waals surface area contributed by atoms with Gasteiger partial charge in [-0.3, -0.25) is 9.69 Å². The van der Waals surface area contributed by atoms with Gasteiger partial charge in [0.05, 0.1) is 13.2 Å². The summed E-state index contributed by atoms with van der Waals surface area (Å²) in [5.41, 5.74) is 6.95. The zero-order chi connectivity index (χ0) is 19.0. The van der Waals surface area contributed by atoms with E-state index in [0.29, 0.717) is 0 Å². The minimum absolute atomic E-state index is 0.0990. The van der Waals surface area contributed by atoms with E-state index in [1.54, 1.807) is 6.92 Å². The van der Waals surface area contributed by atoms with Crippen LogP contribution in [0.15, 0.2) is 37.1 Å². The monoisotopic (exact) mass is 352 g/mol. The lowest BCUT2D eigenvalue weighted by Gasteiger charge is -2.34. The fraction of sp³-hybridized carbons (Fsp3) is 0.409. The number of nitrogens with zero attached hydrogens (tertiary/aromatic N) is 2. The molecule has 0 amide bonds. The van der Waals surface area contributed by atoms with Crippen LogP contribution in [0.25, 0.3) is 11.1 Å². The summed E-state index contributed by atoms with van der Waals surface area (Å²) < 4.78 is 7.72. The van der Waals surface area contributed by atoms with Gasteiger partial charge in [-0.1, -0.05) is 18.7 Å². The Hall–Kier alpha value is -2.17. The number of ether oxygens (including phenoxy) is 1. The third-order valence-electron chi connectivity index (χ3n) is 5.42. The van der Waals surface area contributed by atoms with E-state index >= 15 is 0 Å². The van der Waals surface area contributed by atoms with E-state index in [4.69, 9.17) is 4.74 Å². The summed E-state index contributed by atoms with van der Waals surface area (Å²) >= 11 is 0. The molecular weight excluding hydrogens is 324 g/mol. The largest absolute Gasteiger partial charge is 0.379 e. The Bertz CT molecular complexity index is 885. The topological polar surface area (TPSA) is 34.0 Å². The van der Waals surface area contributed by atoms with E-state index in [0.717, 1.165) is 65.4 Å². The van der Waals surface area contributed by atoms with Gasteiger partial charge in [-0.15, -0.1) is 0 Å². The van der Waals surface area contributed by atoms with Gasteiger partial charge in [-0.2, -0.15) is 0 Å². The smallest absolute Gasteiger partial charge is 0.160 e. The highest BCUT2D eigenvalue weighted by molar-refractivity contribution is 5.97. The van der Waals surface area contributed by atoms with E-state index in [-0.39, 0.29) is 11.8 Å². The molecule has 1 saturated heterocycles. The van der Waals surface area contributed by atoms with Crippen LogP contribution in [0.4, 0.5) is 0 Å². The van der Waals surface area contributed by atoms with Gasteiger partial charge in [-0.25, -0.2) is 0 Å². The molecule has 4 heteroatoms. The number of morpholine rings is 1. The third kappa shape index (κ3) is 3.27. The lowest BCUT2D eigenvalue weighted by molar-refractivity contribution is 0.0187. The number of pyridine rings is 1. The molecule has 0 aromatic carbocycles. The minimum atomic E-state index is 0.0990. The molecule has 1 aliphatic heterocycles. The van der Waals surface area contributed by atoms with Crippen LogP contribution in [-0.2, 0) is 4.74 Å². The predicted molar refractivity (Wildman–Crippen MR) is 107 cm³/mol. The zero-order valence-corrected chi connectivity index (χ0v) is 16.3. The van der Waals surface area contributed by atoms with Crippen molar-refractivity contribution in [2.24, 2.45) is 0 Å². The van der Waals surface area contributed by atoms with Gasteiger partial charge in [0.15, 0.2) is 5.78 Å². The van der Waals surface area contributed by atoms with Gasteiger partial charge in [0.25, 0.3) is 0 Å². The molecular formula is C22H28N2O2. The molecule has 0 spiro atoms. The van der Waals surface area contributed by atoms with Crippen LogP contribution in [0.2, 0.25) is 0 Å². The number of rotatable bonds is 5. The molecule has 1 atom stereocenters. The summed E-state index contributed by atoms with van der Waals surface area (Å²) in [5, 5.41) is 0. The summed E-state index contributed by atoms with van der Waals surface area (Å²) in [4.78, 5) is 14.7. The molecule has 26 heavy (non-hydrogen) atoms. The summed E-state index contributed by atoms with van der Waals surface area (Å²) in [6, 6.07) is 4.28. The van der Waals surface area contributed by atoms with E-state index in [1.165, 1.54) is 0 Å². The van der Waals surface area contributed by atoms with Crippen molar-refractivity contribution in [1.82, 2.24) is 9.30 Å². The molecule has 138 valence electrons. The van der Waals surface area contributed by atoms with Gasteiger partial charge in [0.2, 0.25) is 0 Å². The first kappa shape index (κ1) is 18.6. The second-order valence-electron chi connectivity index (χ2n) is 7.23. The standard InChI is InChI=1S/C22H28N2O2/c1-14(2)15(3)19-11-20-12-21(18(6)25)16(4)22(24(20)13-19)17(5)23-7-9-26-10-8-23/h11-13,17H,1,3,7-10H2,2,4-6H3. The van der Waals surface area contributed by atoms with Gasteiger partial charge in [0, 0.05) is 47.7 Å². The summed E-state index contributed by atoms with van der Waals surface area (Å²) in [5.74, 6) is 0.0990. The molecule has 1 aliphatic rings. The number of aromatic nitrogens is 1. The Morgan fingerprint density at radius 1 is 1.19 bits per heavy atom. The fourth-order valence-corrected chi connectivity index (χ4v) is 3.80. The van der Waals surface area contributed by atoms with Crippen LogP contribution in [0.1, 0.15) is 54.0 Å². The van der Waals surface area contributed by atoms with Crippen LogP contribution in [-0.4, -0.2) is 41.4 Å². The van der Waals surface area contributed by atoms with E-state index in [9.17, 15) is 4.79 Å². The highest BCUT2D eigenvalue weighted by Gasteiger charge is 2.24. The van der Waals surface area contributed by atoms with Crippen molar-refractivity contribution in [3.8, 4) is 0 Å². The Labute approximate surface area is 155 Å². The quantitative estimate of drug-likeness (QED) is 0.589. The van der Waals surface area contributed by atoms with Crippen LogP contribution in [0, 0.1) is 6.92 Å². The molecule has 0 N–H and O–H groups in total. The Morgan fingerprint density at radius 3 is 2.42 bits per heavy atom. The number of ketones is 1. The summed E-state index contributed by atoms with van der Waals surface area (Å²) in [7, 11) is 0. The second kappa shape index (κ2) is 7.22. The summed E-state index contributed by atoms with van der Waals surface area (Å²) in [6.07, 6.45) is 2.12. The van der Waals surface area contributed by atoms with Gasteiger partial charge < -0.3 is 9.14 Å². The maximum Gasteiger partial charge on any atom is 0.160 e. The van der Waals surface area contributed by atoms with Crippen LogP contribution >= 0.6 is 0 Å². The van der Waals surface area contributed by atoms with Crippen LogP contribution in [0.3, 0.4) is 0 Å². The van der Waals surface area contributed by atoms with E-state index < -0.39 is 0 Å². The average Bonchev–Trinajstić information content (AvgIpc) is 3.04. The maximum absolute atomic E-state index is 12.2. The predicted octanol–water partition coefficient (Wildman–Crippen LogP) is 4.43. The van der Waals surface area contributed by atoms with Crippen molar-refractivity contribution in [2.75, 3.05) is 26.3 Å². The maximum atomic E-state index is 12.2. The van der Waals surface area contributed by atoms with Gasteiger partial charge >= 0.3 is 0 Å². The number of fused-ring (bicyclic) bond motifs is 1. The lowest BCUT2D eigenvalue weighted by Crippen LogP contribution is -2.39. The fourth-order valence-electron chi connectivity index (χ4n) is 3.80. The van der Waals surface area contributed by atoms with Gasteiger partial charge in [0.1, 0.15) is 0 Å². The van der Waals surface area contributed by atoms with Gasteiger partial charge in [-0.05, 0) is 51.0 Å². The SMILES string of the molecule is C=C(C)C(=C)c1cc2cc(C(C)=O)c(C)c(C(C)N3CCOCC3)n2c1. The van der Waals surface area contributed by atoms with Crippen molar-refractivity contribution in [3.05, 3.63) is 59.4 Å². The number of hydrogen-bond acceptors (Lipinski definition) is 3. The molecule has 2 aromatic heterocycles. The normalized spacial score (nSPS) is 16.6. The number of carbonyl (C=O) groups is 1. The highest BCUT2D eigenvalue weighted by atomic mass is 16.5. The molecule has 4 nitrogen and oxygen atoms in total. The highest BCUT2D eigenvalue weighted by Crippen LogP contribution is 2.31. The number of carbonyl (C=O) groups excluding carboxylic acids is 1. The Balaban J connectivity index is 2.20. The van der Waals surface area contributed by atoms with E-state index in [1.807, 2.05) is 13.0 Å². The molecule has 0 saturated carbocycles. The molecule has 1 unspecified atom stereocenters. The molecule has 0 aliphatic carbocycles. The zero-order valence-electron chi connectivity index (χ0n) is 16.3. The van der Waals surface area contributed by atoms with Crippen LogP contribution < -0.4 is 0 Å². The third-order valence-corrected chi connectivity index (χ3v) is 5.42. The first-order valence-corrected chi connectivity index (χ1v) is 9.14. The molecule has 0 radical (unpaired) electrons. The molecule has 2 aromatic rings. The Kier molecular flexibility index (Phi) is 5.17. The van der Waals surface area contributed by atoms with E-state index in [2.05, 4.69) is 48.6 Å². The van der Waals surface area contributed by atoms with Crippen molar-refractivity contribution in [1.29, 1.82) is 0 Å². The average molecular weight is 352 g/mol. The second-order valence-corrected chi connectivity index (χ2v) is 7.23. The lowest BCUT2D eigenvalue weighted by atomic mass is 9.99. The molecule has 3 heterocycles. The van der Waals surface area contributed by atoms with Crippen molar-refractivity contribution >= 4 is 16.9 Å². The molecule has 0 bridgehead atoms. The van der Waals surface area contributed by atoms with Crippen molar-refractivity contribution < 1.29 is 9.53 Å². The molecule has 1 fully saturated rings. The summed E-state index contributed by atoms with van der Waals surface area (Å²) in [6.45, 7) is 19.3. The number of allylic oxidation sites excluding steroid dienone is 2. The first-order valence-electron chi connectivity index (χ1n) is 9.14.